The Morgan fingerprint density at radius 1 is 0.278 bits per heavy atom. The molecule has 2 nitrogen and oxygen atoms in total. The standard InChI is InChI=1S/C52H33NO/c1-3-13-41-34(10-1)12-9-18-42(41)36-20-25-38(26-21-36)53(40-29-31-48-47-17-7-8-19-51(47)54-52(48)32-40)39-27-22-37(23-28-39)49-33-50-43-14-4-2-11-35(43)24-30-46(50)44-15-5-6-16-45(44)49/h1-33H. The minimum Gasteiger partial charge on any atom is -0.456 e. The van der Waals surface area contributed by atoms with E-state index in [1.165, 1.54) is 65.3 Å². The van der Waals surface area contributed by atoms with Crippen LogP contribution in [-0.2, 0) is 0 Å². The minimum absolute atomic E-state index is 0.873. The van der Waals surface area contributed by atoms with Crippen LogP contribution in [0.15, 0.2) is 205 Å². The van der Waals surface area contributed by atoms with Crippen molar-refractivity contribution >= 4 is 82.1 Å². The Kier molecular flexibility index (Phi) is 6.90. The molecular weight excluding hydrogens is 655 g/mol. The first-order chi connectivity index (χ1) is 26.8. The van der Waals surface area contributed by atoms with Gasteiger partial charge in [-0.1, -0.05) is 146 Å². The lowest BCUT2D eigenvalue weighted by Gasteiger charge is -2.26. The zero-order valence-corrected chi connectivity index (χ0v) is 29.4. The summed E-state index contributed by atoms with van der Waals surface area (Å²) in [6.07, 6.45) is 0. The Balaban J connectivity index is 1.06. The van der Waals surface area contributed by atoms with Crippen LogP contribution in [0.1, 0.15) is 0 Å². The van der Waals surface area contributed by atoms with Gasteiger partial charge in [0.05, 0.1) is 0 Å². The van der Waals surface area contributed by atoms with Gasteiger partial charge < -0.3 is 9.32 Å². The van der Waals surface area contributed by atoms with E-state index in [0.29, 0.717) is 0 Å². The fourth-order valence-corrected chi connectivity index (χ4v) is 8.46. The molecule has 0 aliphatic heterocycles. The molecule has 0 N–H and O–H groups in total. The van der Waals surface area contributed by atoms with Crippen LogP contribution in [-0.4, -0.2) is 0 Å². The van der Waals surface area contributed by atoms with Crippen LogP contribution in [0.4, 0.5) is 17.1 Å². The third kappa shape index (κ3) is 4.88. The molecule has 0 unspecified atom stereocenters. The van der Waals surface area contributed by atoms with Gasteiger partial charge in [-0.25, -0.2) is 0 Å². The molecule has 0 fully saturated rings. The Morgan fingerprint density at radius 3 is 1.56 bits per heavy atom. The van der Waals surface area contributed by atoms with E-state index in [-0.39, 0.29) is 0 Å². The SMILES string of the molecule is c1ccc2c(-c3ccc(N(c4ccc(-c5cc6c7ccccc7ccc6c6ccccc56)cc4)c4ccc5c(c4)oc4ccccc45)cc3)cccc2c1. The normalized spacial score (nSPS) is 11.7. The molecule has 11 aromatic rings. The van der Waals surface area contributed by atoms with Crippen molar-refractivity contribution in [2.45, 2.75) is 0 Å². The molecule has 0 spiro atoms. The Labute approximate surface area is 312 Å². The molecule has 0 amide bonds. The van der Waals surface area contributed by atoms with Crippen molar-refractivity contribution in [3.8, 4) is 22.3 Å². The van der Waals surface area contributed by atoms with Gasteiger partial charge in [-0.2, -0.15) is 0 Å². The van der Waals surface area contributed by atoms with E-state index in [4.69, 9.17) is 4.42 Å². The molecule has 252 valence electrons. The quantitative estimate of drug-likeness (QED) is 0.168. The van der Waals surface area contributed by atoms with E-state index in [9.17, 15) is 0 Å². The number of para-hydroxylation sites is 1. The maximum Gasteiger partial charge on any atom is 0.137 e. The number of hydrogen-bond donors (Lipinski definition) is 0. The predicted molar refractivity (Wildman–Crippen MR) is 229 cm³/mol. The Hall–Kier alpha value is -7.16. The Bertz CT molecular complexity index is 3200. The van der Waals surface area contributed by atoms with Crippen molar-refractivity contribution in [1.29, 1.82) is 0 Å². The molecule has 0 aliphatic carbocycles. The van der Waals surface area contributed by atoms with Gasteiger partial charge in [0, 0.05) is 33.9 Å². The number of rotatable bonds is 5. The number of fused-ring (bicyclic) bond motifs is 9. The molecule has 1 heterocycles. The molecule has 0 radical (unpaired) electrons. The van der Waals surface area contributed by atoms with E-state index >= 15 is 0 Å². The van der Waals surface area contributed by atoms with Crippen molar-refractivity contribution in [3.05, 3.63) is 200 Å². The second kappa shape index (κ2) is 12.2. The van der Waals surface area contributed by atoms with Crippen LogP contribution >= 0.6 is 0 Å². The average molecular weight is 688 g/mol. The summed E-state index contributed by atoms with van der Waals surface area (Å²) in [4.78, 5) is 2.33. The zero-order chi connectivity index (χ0) is 35.6. The number of nitrogens with zero attached hydrogens (tertiary/aromatic N) is 1. The fraction of sp³-hybridized carbons (Fsp3) is 0. The minimum atomic E-state index is 0.873. The summed E-state index contributed by atoms with van der Waals surface area (Å²) in [5.74, 6) is 0. The van der Waals surface area contributed by atoms with Crippen LogP contribution in [0.3, 0.4) is 0 Å². The van der Waals surface area contributed by atoms with Gasteiger partial charge in [-0.3, -0.25) is 0 Å². The van der Waals surface area contributed by atoms with Gasteiger partial charge in [0.25, 0.3) is 0 Å². The molecular formula is C52H33NO. The highest BCUT2D eigenvalue weighted by atomic mass is 16.3. The van der Waals surface area contributed by atoms with E-state index in [1.54, 1.807) is 0 Å². The molecule has 0 bridgehead atoms. The third-order valence-electron chi connectivity index (χ3n) is 11.0. The highest BCUT2D eigenvalue weighted by molar-refractivity contribution is 6.21. The second-order valence-corrected chi connectivity index (χ2v) is 14.1. The van der Waals surface area contributed by atoms with Crippen molar-refractivity contribution in [2.24, 2.45) is 0 Å². The first-order valence-electron chi connectivity index (χ1n) is 18.5. The van der Waals surface area contributed by atoms with Gasteiger partial charge in [0.1, 0.15) is 11.2 Å². The van der Waals surface area contributed by atoms with Gasteiger partial charge in [0.15, 0.2) is 0 Å². The second-order valence-electron chi connectivity index (χ2n) is 14.1. The lowest BCUT2D eigenvalue weighted by atomic mass is 9.91. The first-order valence-corrected chi connectivity index (χ1v) is 18.5. The summed E-state index contributed by atoms with van der Waals surface area (Å²) in [6.45, 7) is 0. The van der Waals surface area contributed by atoms with E-state index < -0.39 is 0 Å². The van der Waals surface area contributed by atoms with Crippen molar-refractivity contribution in [1.82, 2.24) is 0 Å². The van der Waals surface area contributed by atoms with Crippen LogP contribution in [0.25, 0.3) is 87.3 Å². The number of anilines is 3. The van der Waals surface area contributed by atoms with Crippen LogP contribution in [0, 0.1) is 0 Å². The molecule has 54 heavy (non-hydrogen) atoms. The van der Waals surface area contributed by atoms with Crippen molar-refractivity contribution < 1.29 is 4.42 Å². The monoisotopic (exact) mass is 687 g/mol. The summed E-state index contributed by atoms with van der Waals surface area (Å²) >= 11 is 0. The largest absolute Gasteiger partial charge is 0.456 e. The molecule has 0 aliphatic rings. The fourth-order valence-electron chi connectivity index (χ4n) is 8.46. The Morgan fingerprint density at radius 2 is 0.796 bits per heavy atom. The van der Waals surface area contributed by atoms with Gasteiger partial charge >= 0.3 is 0 Å². The molecule has 11 rings (SSSR count). The maximum absolute atomic E-state index is 6.39. The molecule has 10 aromatic carbocycles. The number of hydrogen-bond acceptors (Lipinski definition) is 2. The number of benzene rings is 10. The van der Waals surface area contributed by atoms with E-state index in [2.05, 4.69) is 193 Å². The van der Waals surface area contributed by atoms with E-state index in [1.807, 2.05) is 12.1 Å². The molecule has 0 atom stereocenters. The maximum atomic E-state index is 6.39. The molecule has 0 saturated carbocycles. The van der Waals surface area contributed by atoms with Gasteiger partial charge in [-0.15, -0.1) is 0 Å². The third-order valence-corrected chi connectivity index (χ3v) is 11.0. The highest BCUT2D eigenvalue weighted by Gasteiger charge is 2.17. The molecule has 0 saturated heterocycles. The summed E-state index contributed by atoms with van der Waals surface area (Å²) in [5.41, 5.74) is 9.79. The average Bonchev–Trinajstić information content (AvgIpc) is 3.62. The van der Waals surface area contributed by atoms with E-state index in [0.717, 1.165) is 39.0 Å². The van der Waals surface area contributed by atoms with Gasteiger partial charge in [-0.05, 0) is 114 Å². The summed E-state index contributed by atoms with van der Waals surface area (Å²) in [7, 11) is 0. The van der Waals surface area contributed by atoms with Gasteiger partial charge in [0.2, 0.25) is 0 Å². The highest BCUT2D eigenvalue weighted by Crippen LogP contribution is 2.42. The predicted octanol–water partition coefficient (Wildman–Crippen LogP) is 15.0. The zero-order valence-electron chi connectivity index (χ0n) is 29.4. The molecule has 1 aromatic heterocycles. The topological polar surface area (TPSA) is 16.4 Å². The first kappa shape index (κ1) is 30.5. The lowest BCUT2D eigenvalue weighted by Crippen LogP contribution is -2.09. The molecule has 2 heteroatoms. The summed E-state index contributed by atoms with van der Waals surface area (Å²) in [5, 5.41) is 12.4. The van der Waals surface area contributed by atoms with Crippen LogP contribution in [0.5, 0.6) is 0 Å². The van der Waals surface area contributed by atoms with Crippen LogP contribution in [0.2, 0.25) is 0 Å². The van der Waals surface area contributed by atoms with Crippen molar-refractivity contribution in [2.75, 3.05) is 4.90 Å². The lowest BCUT2D eigenvalue weighted by molar-refractivity contribution is 0.669. The van der Waals surface area contributed by atoms with Crippen molar-refractivity contribution in [3.63, 3.8) is 0 Å². The smallest absolute Gasteiger partial charge is 0.137 e. The van der Waals surface area contributed by atoms with Crippen LogP contribution < -0.4 is 4.90 Å². The number of furan rings is 1. The summed E-state index contributed by atoms with van der Waals surface area (Å²) < 4.78 is 6.39. The summed E-state index contributed by atoms with van der Waals surface area (Å²) in [6, 6.07) is 72.3.